The van der Waals surface area contributed by atoms with Crippen molar-refractivity contribution in [2.24, 2.45) is 0 Å². The normalized spacial score (nSPS) is 11.3. The second-order valence-corrected chi connectivity index (χ2v) is 5.88. The zero-order chi connectivity index (χ0) is 12.4. The first-order valence-corrected chi connectivity index (χ1v) is 6.82. The van der Waals surface area contributed by atoms with Crippen LogP contribution in [0.2, 0.25) is 0 Å². The topological polar surface area (TPSA) is 0 Å². The molecular weight excluding hydrogens is 223 g/mol. The van der Waals surface area contributed by atoms with Gasteiger partial charge >= 0.3 is 0 Å². The molecule has 0 N–H and O–H groups in total. The summed E-state index contributed by atoms with van der Waals surface area (Å²) in [5.74, 6) is 0. The number of hydrogen-bond donors (Lipinski definition) is 0. The number of benzene rings is 2. The van der Waals surface area contributed by atoms with Crippen LogP contribution < -0.4 is 10.6 Å². The summed E-state index contributed by atoms with van der Waals surface area (Å²) in [5, 5.41) is 2.81. The quantitative estimate of drug-likeness (QED) is 0.701. The van der Waals surface area contributed by atoms with Crippen LogP contribution in [0.15, 0.2) is 36.4 Å². The Morgan fingerprint density at radius 2 is 1.24 bits per heavy atom. The maximum Gasteiger partial charge on any atom is -0.00879 e. The Kier molecular flexibility index (Phi) is 3.64. The summed E-state index contributed by atoms with van der Waals surface area (Å²) in [7, 11) is 1.31. The SMILES string of the molecule is Cc1ccc([P]c2c(C)cc(C)cc2C)cc1. The van der Waals surface area contributed by atoms with Crippen molar-refractivity contribution >= 4 is 19.2 Å². The van der Waals surface area contributed by atoms with E-state index in [1.165, 1.54) is 41.4 Å². The molecule has 0 fully saturated rings. The molecule has 0 aliphatic heterocycles. The molecule has 0 aliphatic carbocycles. The fourth-order valence-corrected chi connectivity index (χ4v) is 3.14. The van der Waals surface area contributed by atoms with Crippen LogP contribution >= 0.6 is 8.58 Å². The second kappa shape index (κ2) is 5.02. The Morgan fingerprint density at radius 1 is 0.706 bits per heavy atom. The lowest BCUT2D eigenvalue weighted by Gasteiger charge is -2.10. The van der Waals surface area contributed by atoms with Gasteiger partial charge in [-0.25, -0.2) is 0 Å². The molecule has 1 heteroatoms. The lowest BCUT2D eigenvalue weighted by atomic mass is 10.1. The molecule has 1 radical (unpaired) electrons. The minimum atomic E-state index is 1.31. The molecule has 0 atom stereocenters. The molecule has 0 amide bonds. The van der Waals surface area contributed by atoms with Crippen LogP contribution in [0.1, 0.15) is 22.3 Å². The zero-order valence-corrected chi connectivity index (χ0v) is 11.8. The number of aryl methyl sites for hydroxylation is 4. The van der Waals surface area contributed by atoms with Gasteiger partial charge in [0.2, 0.25) is 0 Å². The van der Waals surface area contributed by atoms with E-state index in [-0.39, 0.29) is 0 Å². The molecule has 87 valence electrons. The Labute approximate surface area is 106 Å². The Bertz CT molecular complexity index is 501. The van der Waals surface area contributed by atoms with E-state index in [2.05, 4.69) is 64.1 Å². The summed E-state index contributed by atoms with van der Waals surface area (Å²) < 4.78 is 0. The first-order valence-electron chi connectivity index (χ1n) is 5.92. The highest BCUT2D eigenvalue weighted by Crippen LogP contribution is 2.18. The van der Waals surface area contributed by atoms with E-state index in [9.17, 15) is 0 Å². The van der Waals surface area contributed by atoms with E-state index >= 15 is 0 Å². The van der Waals surface area contributed by atoms with Crippen molar-refractivity contribution in [1.29, 1.82) is 0 Å². The van der Waals surface area contributed by atoms with E-state index < -0.39 is 0 Å². The van der Waals surface area contributed by atoms with Crippen molar-refractivity contribution in [2.45, 2.75) is 27.7 Å². The molecule has 17 heavy (non-hydrogen) atoms. The van der Waals surface area contributed by atoms with Gasteiger partial charge in [-0.2, -0.15) is 0 Å². The molecule has 2 aromatic rings. The van der Waals surface area contributed by atoms with Crippen LogP contribution in [0.25, 0.3) is 0 Å². The highest BCUT2D eigenvalue weighted by atomic mass is 31.1. The predicted molar refractivity (Wildman–Crippen MR) is 78.0 cm³/mol. The summed E-state index contributed by atoms with van der Waals surface area (Å²) in [6.07, 6.45) is 0. The summed E-state index contributed by atoms with van der Waals surface area (Å²) in [5.41, 5.74) is 5.46. The van der Waals surface area contributed by atoms with Crippen LogP contribution in [0.3, 0.4) is 0 Å². The first-order chi connectivity index (χ1) is 8.06. The van der Waals surface area contributed by atoms with Crippen molar-refractivity contribution in [3.8, 4) is 0 Å². The van der Waals surface area contributed by atoms with Gasteiger partial charge in [0.05, 0.1) is 0 Å². The molecule has 0 bridgehead atoms. The average Bonchev–Trinajstić information content (AvgIpc) is 2.26. The van der Waals surface area contributed by atoms with Crippen LogP contribution in [-0.4, -0.2) is 0 Å². The Hall–Kier alpha value is -1.13. The first kappa shape index (κ1) is 12.3. The largest absolute Gasteiger partial charge is 0.0587 e. The third-order valence-electron chi connectivity index (χ3n) is 2.91. The van der Waals surface area contributed by atoms with Gasteiger partial charge in [-0.05, 0) is 58.0 Å². The maximum atomic E-state index is 2.27. The van der Waals surface area contributed by atoms with Crippen LogP contribution in [0.4, 0.5) is 0 Å². The fraction of sp³-hybridized carbons (Fsp3) is 0.250. The standard InChI is InChI=1S/C16H18P/c1-11-5-7-15(8-6-11)17-16-13(3)9-12(2)10-14(16)4/h5-10H,1-4H3. The summed E-state index contributed by atoms with van der Waals surface area (Å²) in [6.45, 7) is 8.70. The van der Waals surface area contributed by atoms with Gasteiger partial charge in [-0.3, -0.25) is 0 Å². The maximum absolute atomic E-state index is 2.27. The molecule has 0 saturated heterocycles. The average molecular weight is 241 g/mol. The van der Waals surface area contributed by atoms with Crippen molar-refractivity contribution in [1.82, 2.24) is 0 Å². The van der Waals surface area contributed by atoms with Crippen molar-refractivity contribution in [3.05, 3.63) is 58.7 Å². The molecule has 0 heterocycles. The zero-order valence-electron chi connectivity index (χ0n) is 10.9. The predicted octanol–water partition coefficient (Wildman–Crippen LogP) is 3.82. The van der Waals surface area contributed by atoms with Gasteiger partial charge < -0.3 is 0 Å². The van der Waals surface area contributed by atoms with Gasteiger partial charge in [0, 0.05) is 0 Å². The van der Waals surface area contributed by atoms with Crippen LogP contribution in [0.5, 0.6) is 0 Å². The van der Waals surface area contributed by atoms with Gasteiger partial charge in [0.25, 0.3) is 0 Å². The van der Waals surface area contributed by atoms with E-state index in [0.717, 1.165) is 0 Å². The van der Waals surface area contributed by atoms with Crippen molar-refractivity contribution in [3.63, 3.8) is 0 Å². The van der Waals surface area contributed by atoms with E-state index in [1.54, 1.807) is 0 Å². The molecule has 0 saturated carbocycles. The Morgan fingerprint density at radius 3 is 1.76 bits per heavy atom. The second-order valence-electron chi connectivity index (χ2n) is 4.69. The summed E-state index contributed by atoms with van der Waals surface area (Å²) >= 11 is 0. The molecule has 2 aromatic carbocycles. The van der Waals surface area contributed by atoms with Gasteiger partial charge in [0.15, 0.2) is 0 Å². The Balaban J connectivity index is 2.33. The lowest BCUT2D eigenvalue weighted by molar-refractivity contribution is 1.36. The van der Waals surface area contributed by atoms with Crippen LogP contribution in [0, 0.1) is 27.7 Å². The van der Waals surface area contributed by atoms with Crippen LogP contribution in [-0.2, 0) is 0 Å². The monoisotopic (exact) mass is 241 g/mol. The lowest BCUT2D eigenvalue weighted by Crippen LogP contribution is -2.10. The van der Waals surface area contributed by atoms with Crippen molar-refractivity contribution in [2.75, 3.05) is 0 Å². The van der Waals surface area contributed by atoms with E-state index in [1.807, 2.05) is 0 Å². The molecule has 0 spiro atoms. The minimum Gasteiger partial charge on any atom is -0.0587 e. The van der Waals surface area contributed by atoms with E-state index in [4.69, 9.17) is 0 Å². The molecule has 0 nitrogen and oxygen atoms in total. The van der Waals surface area contributed by atoms with Gasteiger partial charge in [-0.15, -0.1) is 0 Å². The van der Waals surface area contributed by atoms with E-state index in [0.29, 0.717) is 0 Å². The highest BCUT2D eigenvalue weighted by Gasteiger charge is 2.05. The van der Waals surface area contributed by atoms with Crippen molar-refractivity contribution < 1.29 is 0 Å². The highest BCUT2D eigenvalue weighted by molar-refractivity contribution is 7.55. The molecule has 0 unspecified atom stereocenters. The smallest absolute Gasteiger partial charge is 0.00879 e. The van der Waals surface area contributed by atoms with Gasteiger partial charge in [0.1, 0.15) is 0 Å². The van der Waals surface area contributed by atoms with Gasteiger partial charge in [-0.1, -0.05) is 47.5 Å². The molecule has 0 aromatic heterocycles. The third kappa shape index (κ3) is 2.96. The molecule has 0 aliphatic rings. The number of hydrogen-bond acceptors (Lipinski definition) is 0. The molecular formula is C16H18P. The fourth-order valence-electron chi connectivity index (χ4n) is 2.10. The summed E-state index contributed by atoms with van der Waals surface area (Å²) in [6, 6.07) is 13.3. The number of rotatable bonds is 2. The third-order valence-corrected chi connectivity index (χ3v) is 4.40. The summed E-state index contributed by atoms with van der Waals surface area (Å²) in [4.78, 5) is 0. The minimum absolute atomic E-state index is 1.31. The molecule has 2 rings (SSSR count).